The van der Waals surface area contributed by atoms with Gasteiger partial charge in [-0.1, -0.05) is 6.07 Å². The number of halogens is 2. The number of ether oxygens (including phenoxy) is 1. The van der Waals surface area contributed by atoms with Gasteiger partial charge in [0.1, 0.15) is 17.0 Å². The van der Waals surface area contributed by atoms with E-state index in [0.717, 1.165) is 11.2 Å². The summed E-state index contributed by atoms with van der Waals surface area (Å²) < 4.78 is 33.7. The van der Waals surface area contributed by atoms with Gasteiger partial charge in [0.25, 0.3) is 5.92 Å². The van der Waals surface area contributed by atoms with Gasteiger partial charge >= 0.3 is 0 Å². The van der Waals surface area contributed by atoms with Gasteiger partial charge in [-0.25, -0.2) is 28.2 Å². The van der Waals surface area contributed by atoms with Crippen LogP contribution in [-0.4, -0.2) is 68.7 Å². The number of methoxy groups -OCH3 is 1. The van der Waals surface area contributed by atoms with Crippen LogP contribution in [0.4, 0.5) is 26.1 Å². The SMILES string of the molecule is COc1cccc(-c2nc(Nc3ccnc(NCCN4CCC(F)(F)CC4)c3)c3cccn3n2)n1. The van der Waals surface area contributed by atoms with Crippen molar-refractivity contribution < 1.29 is 13.5 Å². The summed E-state index contributed by atoms with van der Waals surface area (Å²) in [5, 5.41) is 11.2. The van der Waals surface area contributed by atoms with Crippen LogP contribution in [-0.2, 0) is 0 Å². The number of piperidine rings is 1. The summed E-state index contributed by atoms with van der Waals surface area (Å²) in [4.78, 5) is 15.6. The first-order valence-electron chi connectivity index (χ1n) is 11.4. The van der Waals surface area contributed by atoms with Gasteiger partial charge in [0, 0.05) is 69.2 Å². The van der Waals surface area contributed by atoms with Crippen molar-refractivity contribution in [3.8, 4) is 17.4 Å². The Labute approximate surface area is 201 Å². The first-order valence-corrected chi connectivity index (χ1v) is 11.4. The van der Waals surface area contributed by atoms with Crippen LogP contribution in [0.15, 0.2) is 54.9 Å². The number of likely N-dealkylation sites (tertiary alicyclic amines) is 1. The normalized spacial score (nSPS) is 15.7. The lowest BCUT2D eigenvalue weighted by atomic mass is 10.1. The molecule has 4 aromatic heterocycles. The summed E-state index contributed by atoms with van der Waals surface area (Å²) in [6, 6.07) is 13.0. The third-order valence-electron chi connectivity index (χ3n) is 5.90. The van der Waals surface area contributed by atoms with E-state index >= 15 is 0 Å². The van der Waals surface area contributed by atoms with Crippen molar-refractivity contribution in [3.63, 3.8) is 0 Å². The number of alkyl halides is 2. The van der Waals surface area contributed by atoms with E-state index in [1.807, 2.05) is 47.5 Å². The number of hydrogen-bond donors (Lipinski definition) is 2. The van der Waals surface area contributed by atoms with E-state index in [0.29, 0.717) is 55.2 Å². The molecule has 0 unspecified atom stereocenters. The van der Waals surface area contributed by atoms with Crippen molar-refractivity contribution >= 4 is 22.8 Å². The van der Waals surface area contributed by atoms with Gasteiger partial charge in [-0.2, -0.15) is 0 Å². The van der Waals surface area contributed by atoms with E-state index in [9.17, 15) is 8.78 Å². The average molecular weight is 481 g/mol. The fourth-order valence-corrected chi connectivity index (χ4v) is 3.98. The quantitative estimate of drug-likeness (QED) is 0.390. The van der Waals surface area contributed by atoms with Gasteiger partial charge in [0.2, 0.25) is 11.7 Å². The number of rotatable bonds is 8. The smallest absolute Gasteiger partial charge is 0.250 e. The highest BCUT2D eigenvalue weighted by molar-refractivity contribution is 5.75. The summed E-state index contributed by atoms with van der Waals surface area (Å²) in [6.07, 6.45) is 3.39. The molecule has 0 aromatic carbocycles. The second kappa shape index (κ2) is 9.79. The zero-order valence-corrected chi connectivity index (χ0v) is 19.3. The first kappa shape index (κ1) is 22.9. The van der Waals surface area contributed by atoms with E-state index in [4.69, 9.17) is 9.72 Å². The molecule has 35 heavy (non-hydrogen) atoms. The van der Waals surface area contributed by atoms with Crippen molar-refractivity contribution in [1.82, 2.24) is 29.5 Å². The van der Waals surface area contributed by atoms with Crippen molar-refractivity contribution in [3.05, 3.63) is 54.9 Å². The molecule has 2 N–H and O–H groups in total. The molecule has 1 fully saturated rings. The number of aromatic nitrogens is 5. The number of nitrogens with zero attached hydrogens (tertiary/aromatic N) is 6. The monoisotopic (exact) mass is 480 g/mol. The molecule has 0 bridgehead atoms. The molecule has 5 rings (SSSR count). The molecule has 0 saturated carbocycles. The maximum atomic E-state index is 13.3. The Morgan fingerprint density at radius 1 is 1.09 bits per heavy atom. The Morgan fingerprint density at radius 2 is 1.94 bits per heavy atom. The largest absolute Gasteiger partial charge is 0.481 e. The van der Waals surface area contributed by atoms with Crippen molar-refractivity contribution in [2.45, 2.75) is 18.8 Å². The minimum Gasteiger partial charge on any atom is -0.481 e. The van der Waals surface area contributed by atoms with Crippen LogP contribution in [0.2, 0.25) is 0 Å². The lowest BCUT2D eigenvalue weighted by Gasteiger charge is -2.31. The van der Waals surface area contributed by atoms with E-state index in [-0.39, 0.29) is 12.8 Å². The van der Waals surface area contributed by atoms with Gasteiger partial charge in [-0.3, -0.25) is 0 Å². The fourth-order valence-electron chi connectivity index (χ4n) is 3.98. The summed E-state index contributed by atoms with van der Waals surface area (Å²) in [6.45, 7) is 2.12. The molecule has 5 heterocycles. The molecule has 0 aliphatic carbocycles. The van der Waals surface area contributed by atoms with Gasteiger partial charge in [-0.15, -0.1) is 5.10 Å². The Morgan fingerprint density at radius 3 is 2.77 bits per heavy atom. The van der Waals surface area contributed by atoms with Crippen LogP contribution >= 0.6 is 0 Å². The summed E-state index contributed by atoms with van der Waals surface area (Å²) in [7, 11) is 1.56. The van der Waals surface area contributed by atoms with Crippen LogP contribution < -0.4 is 15.4 Å². The Balaban J connectivity index is 1.29. The number of fused-ring (bicyclic) bond motifs is 1. The van der Waals surface area contributed by atoms with Gasteiger partial charge < -0.3 is 20.3 Å². The molecular weight excluding hydrogens is 454 g/mol. The van der Waals surface area contributed by atoms with Crippen LogP contribution in [0.1, 0.15) is 12.8 Å². The number of anilines is 3. The number of pyridine rings is 2. The second-order valence-electron chi connectivity index (χ2n) is 8.37. The highest BCUT2D eigenvalue weighted by Crippen LogP contribution is 2.28. The Hall–Kier alpha value is -3.86. The van der Waals surface area contributed by atoms with E-state index in [2.05, 4.69) is 25.7 Å². The van der Waals surface area contributed by atoms with Crippen LogP contribution in [0.3, 0.4) is 0 Å². The highest BCUT2D eigenvalue weighted by Gasteiger charge is 2.33. The van der Waals surface area contributed by atoms with Gasteiger partial charge in [0.05, 0.1) is 7.11 Å². The third-order valence-corrected chi connectivity index (χ3v) is 5.90. The molecule has 182 valence electrons. The molecular formula is C24H26F2N8O. The van der Waals surface area contributed by atoms with Crippen molar-refractivity contribution in [2.24, 2.45) is 0 Å². The highest BCUT2D eigenvalue weighted by atomic mass is 19.3. The molecule has 0 spiro atoms. The number of nitrogens with one attached hydrogen (secondary N) is 2. The summed E-state index contributed by atoms with van der Waals surface area (Å²) >= 11 is 0. The molecule has 4 aromatic rings. The molecule has 0 amide bonds. The topological polar surface area (TPSA) is 92.5 Å². The van der Waals surface area contributed by atoms with E-state index in [1.165, 1.54) is 0 Å². The van der Waals surface area contributed by atoms with Crippen LogP contribution in [0, 0.1) is 0 Å². The van der Waals surface area contributed by atoms with Crippen LogP contribution in [0.25, 0.3) is 17.0 Å². The fraction of sp³-hybridized carbons (Fsp3) is 0.333. The molecule has 9 nitrogen and oxygen atoms in total. The number of hydrogen-bond acceptors (Lipinski definition) is 8. The van der Waals surface area contributed by atoms with Crippen LogP contribution in [0.5, 0.6) is 5.88 Å². The minimum absolute atomic E-state index is 0.0783. The predicted molar refractivity (Wildman–Crippen MR) is 129 cm³/mol. The molecule has 0 atom stereocenters. The zero-order chi connectivity index (χ0) is 24.3. The summed E-state index contributed by atoms with van der Waals surface area (Å²) in [5.74, 6) is -0.283. The second-order valence-corrected chi connectivity index (χ2v) is 8.37. The Kier molecular flexibility index (Phi) is 6.41. The van der Waals surface area contributed by atoms with Gasteiger partial charge in [0.15, 0.2) is 5.82 Å². The average Bonchev–Trinajstić information content (AvgIpc) is 3.35. The maximum Gasteiger partial charge on any atom is 0.250 e. The molecule has 0 radical (unpaired) electrons. The molecule has 1 saturated heterocycles. The molecule has 1 aliphatic rings. The first-order chi connectivity index (χ1) is 17.0. The zero-order valence-electron chi connectivity index (χ0n) is 19.3. The lowest BCUT2D eigenvalue weighted by molar-refractivity contribution is -0.0543. The predicted octanol–water partition coefficient (Wildman–Crippen LogP) is 4.08. The molecule has 11 heteroatoms. The van der Waals surface area contributed by atoms with Crippen molar-refractivity contribution in [1.29, 1.82) is 0 Å². The lowest BCUT2D eigenvalue weighted by Crippen LogP contribution is -2.41. The minimum atomic E-state index is -2.53. The van der Waals surface area contributed by atoms with E-state index < -0.39 is 5.92 Å². The summed E-state index contributed by atoms with van der Waals surface area (Å²) in [5.41, 5.74) is 2.20. The standard InChI is InChI=1S/C24H26F2N8O/c1-35-21-6-2-4-18(30-21)22-31-23(19-5-3-12-34(19)32-22)29-17-7-10-27-20(16-17)28-11-15-33-13-8-24(25,26)9-14-33/h2-7,10,12,16H,8-9,11,13-15H2,1H3,(H2,27,28,29,31,32). The Bertz CT molecular complexity index is 1300. The van der Waals surface area contributed by atoms with Gasteiger partial charge in [-0.05, 0) is 24.3 Å². The third kappa shape index (κ3) is 5.46. The van der Waals surface area contributed by atoms with E-state index in [1.54, 1.807) is 23.9 Å². The molecule has 1 aliphatic heterocycles. The van der Waals surface area contributed by atoms with Crippen molar-refractivity contribution in [2.75, 3.05) is 43.9 Å². The maximum absolute atomic E-state index is 13.3.